The summed E-state index contributed by atoms with van der Waals surface area (Å²) in [5, 5.41) is 7.82. The lowest BCUT2D eigenvalue weighted by Crippen LogP contribution is -2.26. The van der Waals surface area contributed by atoms with E-state index in [2.05, 4.69) is 15.3 Å². The molecule has 7 heteroatoms. The summed E-state index contributed by atoms with van der Waals surface area (Å²) in [6.07, 6.45) is 2.32. The molecule has 1 atom stereocenters. The smallest absolute Gasteiger partial charge is 0.189 e. The predicted octanol–water partition coefficient (Wildman–Crippen LogP) is 6.52. The van der Waals surface area contributed by atoms with E-state index in [-0.39, 0.29) is 17.8 Å². The lowest BCUT2D eigenvalue weighted by atomic mass is 9.94. The van der Waals surface area contributed by atoms with Crippen molar-refractivity contribution in [1.29, 1.82) is 0 Å². The topological polar surface area (TPSA) is 51.3 Å². The lowest BCUT2D eigenvalue weighted by Gasteiger charge is -2.21. The van der Waals surface area contributed by atoms with Crippen LogP contribution in [-0.4, -0.2) is 22.1 Å². The molecule has 1 unspecified atom stereocenters. The molecule has 3 aromatic carbocycles. The van der Waals surface area contributed by atoms with Gasteiger partial charge in [0.25, 0.3) is 0 Å². The van der Waals surface area contributed by atoms with Crippen molar-refractivity contribution in [1.82, 2.24) is 15.1 Å². The molecular formula is C30H26F2N4O. The second-order valence-corrected chi connectivity index (χ2v) is 9.48. The third kappa shape index (κ3) is 5.50. The van der Waals surface area contributed by atoms with E-state index in [4.69, 9.17) is 6.57 Å². The van der Waals surface area contributed by atoms with E-state index in [0.29, 0.717) is 40.8 Å². The van der Waals surface area contributed by atoms with E-state index in [1.165, 1.54) is 18.2 Å². The van der Waals surface area contributed by atoms with Crippen molar-refractivity contribution in [3.63, 3.8) is 0 Å². The van der Waals surface area contributed by atoms with Gasteiger partial charge >= 0.3 is 0 Å². The molecule has 0 spiro atoms. The number of nitrogens with one attached hydrogen (secondary N) is 1. The fraction of sp³-hybridized carbons (Fsp3) is 0.233. The fourth-order valence-corrected chi connectivity index (χ4v) is 4.53. The Hall–Kier alpha value is -4.15. The van der Waals surface area contributed by atoms with Crippen molar-refractivity contribution in [3.05, 3.63) is 124 Å². The van der Waals surface area contributed by atoms with Crippen molar-refractivity contribution in [3.8, 4) is 5.69 Å². The summed E-state index contributed by atoms with van der Waals surface area (Å²) in [5.41, 5.74) is 3.61. The Labute approximate surface area is 214 Å². The van der Waals surface area contributed by atoms with Gasteiger partial charge < -0.3 is 5.32 Å². The molecule has 1 saturated carbocycles. The summed E-state index contributed by atoms with van der Waals surface area (Å²) >= 11 is 0. The normalized spacial score (nSPS) is 13.8. The van der Waals surface area contributed by atoms with E-state index in [1.54, 1.807) is 35.0 Å². The van der Waals surface area contributed by atoms with Gasteiger partial charge in [0.15, 0.2) is 11.5 Å². The summed E-state index contributed by atoms with van der Waals surface area (Å²) in [6.45, 7) is 9.75. The third-order valence-corrected chi connectivity index (χ3v) is 6.57. The van der Waals surface area contributed by atoms with Gasteiger partial charge in [-0.1, -0.05) is 42.5 Å². The second-order valence-electron chi connectivity index (χ2n) is 9.48. The largest absolute Gasteiger partial charge is 0.306 e. The summed E-state index contributed by atoms with van der Waals surface area (Å²) < 4.78 is 31.1. The van der Waals surface area contributed by atoms with Gasteiger partial charge in [-0.2, -0.15) is 5.10 Å². The monoisotopic (exact) mass is 496 g/mol. The second kappa shape index (κ2) is 10.5. The Bertz CT molecular complexity index is 1480. The molecule has 1 fully saturated rings. The first kappa shape index (κ1) is 24.5. The number of aromatic nitrogens is 2. The zero-order chi connectivity index (χ0) is 25.9. The van der Waals surface area contributed by atoms with E-state index >= 15 is 0 Å². The minimum Gasteiger partial charge on any atom is -0.306 e. The van der Waals surface area contributed by atoms with Gasteiger partial charge in [-0.3, -0.25) is 4.79 Å². The molecule has 4 aromatic rings. The molecule has 186 valence electrons. The Morgan fingerprint density at radius 3 is 2.54 bits per heavy atom. The zero-order valence-electron chi connectivity index (χ0n) is 20.4. The minimum absolute atomic E-state index is 0.0139. The number of rotatable bonds is 9. The van der Waals surface area contributed by atoms with E-state index in [0.717, 1.165) is 18.4 Å². The number of hydrogen-bond acceptors (Lipinski definition) is 3. The van der Waals surface area contributed by atoms with Crippen LogP contribution in [0.5, 0.6) is 0 Å². The van der Waals surface area contributed by atoms with Crippen LogP contribution < -0.4 is 5.32 Å². The summed E-state index contributed by atoms with van der Waals surface area (Å²) in [5.74, 6) is -0.830. The molecule has 1 heterocycles. The van der Waals surface area contributed by atoms with Crippen molar-refractivity contribution >= 4 is 11.5 Å². The van der Waals surface area contributed by atoms with Crippen LogP contribution >= 0.6 is 0 Å². The first-order valence-corrected chi connectivity index (χ1v) is 12.3. The quantitative estimate of drug-likeness (QED) is 0.212. The van der Waals surface area contributed by atoms with Crippen LogP contribution in [0.15, 0.2) is 72.8 Å². The molecule has 1 aliphatic carbocycles. The third-order valence-electron chi connectivity index (χ3n) is 6.57. The van der Waals surface area contributed by atoms with Crippen molar-refractivity contribution in [2.24, 2.45) is 5.92 Å². The fourth-order valence-electron chi connectivity index (χ4n) is 4.53. The average Bonchev–Trinajstić information content (AvgIpc) is 3.64. The molecule has 1 N–H and O–H groups in total. The number of halogens is 2. The maximum absolute atomic E-state index is 14.8. The Kier molecular flexibility index (Phi) is 6.93. The summed E-state index contributed by atoms with van der Waals surface area (Å²) in [6, 6.07) is 19.2. The molecule has 37 heavy (non-hydrogen) atoms. The van der Waals surface area contributed by atoms with Gasteiger partial charge in [0.05, 0.1) is 24.0 Å². The molecule has 0 radical (unpaired) electrons. The highest BCUT2D eigenvalue weighted by Gasteiger charge is 2.27. The zero-order valence-corrected chi connectivity index (χ0v) is 20.4. The van der Waals surface area contributed by atoms with Crippen LogP contribution in [0.25, 0.3) is 10.5 Å². The number of ketones is 1. The molecule has 0 saturated heterocycles. The maximum atomic E-state index is 14.8. The standard InChI is InChI=1S/C30H26F2N4O/c1-19-14-27(36(35-19)24-9-4-8-23(17-24)33-2)28(37)16-21-6-3-7-22(15-21)30(34-18-20-12-13-20)29-25(31)10-5-11-26(29)32/h3-11,14-15,17,20,30,34H,12-13,16,18H2,1H3. The van der Waals surface area contributed by atoms with E-state index in [9.17, 15) is 13.6 Å². The molecular weight excluding hydrogens is 470 g/mol. The van der Waals surface area contributed by atoms with Crippen molar-refractivity contribution in [2.45, 2.75) is 32.2 Å². The van der Waals surface area contributed by atoms with Gasteiger partial charge in [-0.05, 0) is 73.7 Å². The Morgan fingerprint density at radius 1 is 1.08 bits per heavy atom. The number of aryl methyl sites for hydroxylation is 1. The van der Waals surface area contributed by atoms with Crippen molar-refractivity contribution in [2.75, 3.05) is 6.54 Å². The molecule has 0 bridgehead atoms. The van der Waals surface area contributed by atoms with Crippen LogP contribution in [0.4, 0.5) is 14.5 Å². The lowest BCUT2D eigenvalue weighted by molar-refractivity contribution is 0.0985. The number of hydrogen-bond donors (Lipinski definition) is 1. The van der Waals surface area contributed by atoms with E-state index < -0.39 is 17.7 Å². The number of carbonyl (C=O) groups is 1. The minimum atomic E-state index is -0.666. The van der Waals surface area contributed by atoms with Gasteiger partial charge in [0, 0.05) is 12.0 Å². The van der Waals surface area contributed by atoms with Crippen LogP contribution in [0.1, 0.15) is 51.8 Å². The van der Waals surface area contributed by atoms with Crippen molar-refractivity contribution < 1.29 is 13.6 Å². The van der Waals surface area contributed by atoms with Crippen LogP contribution in [0.3, 0.4) is 0 Å². The predicted molar refractivity (Wildman–Crippen MR) is 138 cm³/mol. The molecule has 0 aliphatic heterocycles. The highest BCUT2D eigenvalue weighted by Crippen LogP contribution is 2.32. The maximum Gasteiger partial charge on any atom is 0.189 e. The van der Waals surface area contributed by atoms with Crippen LogP contribution in [0, 0.1) is 31.0 Å². The average molecular weight is 497 g/mol. The van der Waals surface area contributed by atoms with Gasteiger partial charge in [-0.15, -0.1) is 0 Å². The van der Waals surface area contributed by atoms with Crippen LogP contribution in [0.2, 0.25) is 0 Å². The molecule has 5 rings (SSSR count). The first-order valence-electron chi connectivity index (χ1n) is 12.3. The SMILES string of the molecule is [C-]#[N+]c1cccc(-n2nc(C)cc2C(=O)Cc2cccc(C(NCC3CC3)c3c(F)cccc3F)c2)c1. The highest BCUT2D eigenvalue weighted by atomic mass is 19.1. The summed E-state index contributed by atoms with van der Waals surface area (Å²) in [4.78, 5) is 16.9. The summed E-state index contributed by atoms with van der Waals surface area (Å²) in [7, 11) is 0. The Balaban J connectivity index is 1.44. The molecule has 1 aromatic heterocycles. The number of benzene rings is 3. The molecule has 0 amide bonds. The van der Waals surface area contributed by atoms with Gasteiger partial charge in [-0.25, -0.2) is 18.3 Å². The number of carbonyl (C=O) groups excluding carboxylic acids is 1. The molecule has 5 nitrogen and oxygen atoms in total. The van der Waals surface area contributed by atoms with Crippen LogP contribution in [-0.2, 0) is 6.42 Å². The first-order chi connectivity index (χ1) is 17.9. The number of Topliss-reactive ketones (excluding diaryl/α,β-unsaturated/α-hetero) is 1. The van der Waals surface area contributed by atoms with E-state index in [1.807, 2.05) is 31.2 Å². The highest BCUT2D eigenvalue weighted by molar-refractivity contribution is 5.96. The Morgan fingerprint density at radius 2 is 1.81 bits per heavy atom. The van der Waals surface area contributed by atoms with Gasteiger partial charge in [0.1, 0.15) is 17.3 Å². The molecule has 1 aliphatic rings. The van der Waals surface area contributed by atoms with Gasteiger partial charge in [0.2, 0.25) is 0 Å². The number of nitrogens with zero attached hydrogens (tertiary/aromatic N) is 3.